The van der Waals surface area contributed by atoms with E-state index in [0.717, 1.165) is 11.1 Å². The lowest BCUT2D eigenvalue weighted by molar-refractivity contribution is -0.116. The summed E-state index contributed by atoms with van der Waals surface area (Å²) in [4.78, 5) is 13.5. The first kappa shape index (κ1) is 14.0. The normalized spacial score (nSPS) is 10.8. The molecule has 3 rings (SSSR count). The van der Waals surface area contributed by atoms with Gasteiger partial charge < -0.3 is 5.32 Å². The minimum Gasteiger partial charge on any atom is -0.306 e. The van der Waals surface area contributed by atoms with Gasteiger partial charge in [0.05, 0.1) is 25.1 Å². The maximum atomic E-state index is 12.0. The van der Waals surface area contributed by atoms with Crippen LogP contribution in [0.15, 0.2) is 31.0 Å². The molecule has 0 aliphatic rings. The van der Waals surface area contributed by atoms with E-state index in [9.17, 15) is 4.79 Å². The Bertz CT molecular complexity index is 783. The van der Waals surface area contributed by atoms with E-state index in [2.05, 4.69) is 25.7 Å². The van der Waals surface area contributed by atoms with Crippen LogP contribution in [0.25, 0.3) is 11.1 Å². The molecule has 0 saturated carbocycles. The van der Waals surface area contributed by atoms with Crippen LogP contribution in [0.1, 0.15) is 6.92 Å². The van der Waals surface area contributed by atoms with Gasteiger partial charge in [-0.05, 0) is 6.92 Å². The molecule has 0 atom stereocenters. The Morgan fingerprint density at radius 3 is 2.59 bits per heavy atom. The number of hydrogen-bond donors (Lipinski definition) is 1. The van der Waals surface area contributed by atoms with Crippen molar-refractivity contribution < 1.29 is 4.79 Å². The second-order valence-corrected chi connectivity index (χ2v) is 4.80. The van der Waals surface area contributed by atoms with E-state index in [1.807, 2.05) is 20.2 Å². The third-order valence-corrected chi connectivity index (χ3v) is 3.06. The Morgan fingerprint density at radius 2 is 1.91 bits per heavy atom. The third-order valence-electron chi connectivity index (χ3n) is 3.06. The van der Waals surface area contributed by atoms with E-state index < -0.39 is 0 Å². The van der Waals surface area contributed by atoms with Gasteiger partial charge in [0.1, 0.15) is 6.54 Å². The Morgan fingerprint density at radius 1 is 1.14 bits per heavy atom. The van der Waals surface area contributed by atoms with Gasteiger partial charge in [-0.15, -0.1) is 5.10 Å². The van der Waals surface area contributed by atoms with Crippen LogP contribution in [-0.4, -0.2) is 40.5 Å². The molecule has 0 spiro atoms. The summed E-state index contributed by atoms with van der Waals surface area (Å²) in [6, 6.07) is 0. The highest BCUT2D eigenvalue weighted by Crippen LogP contribution is 2.16. The molecule has 0 fully saturated rings. The second kappa shape index (κ2) is 5.80. The number of nitrogens with one attached hydrogen (secondary N) is 1. The van der Waals surface area contributed by atoms with Gasteiger partial charge in [0, 0.05) is 30.6 Å². The van der Waals surface area contributed by atoms with E-state index in [4.69, 9.17) is 0 Å². The molecule has 0 radical (unpaired) electrons. The summed E-state index contributed by atoms with van der Waals surface area (Å²) < 4.78 is 3.29. The molecule has 9 heteroatoms. The summed E-state index contributed by atoms with van der Waals surface area (Å²) in [5.41, 5.74) is 1.87. The van der Waals surface area contributed by atoms with Crippen molar-refractivity contribution in [3.05, 3.63) is 31.0 Å². The van der Waals surface area contributed by atoms with Crippen LogP contribution in [0.2, 0.25) is 0 Å². The molecule has 1 N–H and O–H groups in total. The quantitative estimate of drug-likeness (QED) is 0.741. The topological polar surface area (TPSA) is 95.5 Å². The molecule has 22 heavy (non-hydrogen) atoms. The lowest BCUT2D eigenvalue weighted by Gasteiger charge is -2.01. The Hall–Kier alpha value is -2.97. The van der Waals surface area contributed by atoms with E-state index in [1.165, 1.54) is 11.0 Å². The van der Waals surface area contributed by atoms with E-state index in [-0.39, 0.29) is 12.5 Å². The van der Waals surface area contributed by atoms with Crippen LogP contribution >= 0.6 is 0 Å². The lowest BCUT2D eigenvalue weighted by Crippen LogP contribution is -2.19. The number of aryl methyl sites for hydroxylation is 2. The van der Waals surface area contributed by atoms with Gasteiger partial charge in [-0.3, -0.25) is 14.2 Å². The van der Waals surface area contributed by atoms with Crippen molar-refractivity contribution in [3.8, 4) is 11.1 Å². The number of aromatic nitrogens is 7. The molecule has 0 aliphatic heterocycles. The number of carbonyl (C=O) groups is 1. The lowest BCUT2D eigenvalue weighted by atomic mass is 10.2. The molecule has 0 aliphatic carbocycles. The first-order valence-electron chi connectivity index (χ1n) is 6.85. The monoisotopic (exact) mass is 300 g/mol. The summed E-state index contributed by atoms with van der Waals surface area (Å²) in [6.07, 6.45) is 8.68. The fourth-order valence-electron chi connectivity index (χ4n) is 2.01. The van der Waals surface area contributed by atoms with E-state index in [0.29, 0.717) is 12.4 Å². The molecule has 3 heterocycles. The molecular formula is C13H16N8O. The largest absolute Gasteiger partial charge is 0.306 e. The fraction of sp³-hybridized carbons (Fsp3) is 0.308. The van der Waals surface area contributed by atoms with Crippen LogP contribution in [0.5, 0.6) is 0 Å². The Kier molecular flexibility index (Phi) is 3.69. The first-order valence-corrected chi connectivity index (χ1v) is 6.85. The molecule has 0 bridgehead atoms. The number of carbonyl (C=O) groups excluding carboxylic acids is 1. The molecule has 3 aromatic rings. The second-order valence-electron chi connectivity index (χ2n) is 4.80. The van der Waals surface area contributed by atoms with Crippen LogP contribution in [-0.2, 0) is 24.9 Å². The van der Waals surface area contributed by atoms with Crippen LogP contribution in [0.3, 0.4) is 0 Å². The minimum absolute atomic E-state index is 0.110. The first-order chi connectivity index (χ1) is 10.6. The fourth-order valence-corrected chi connectivity index (χ4v) is 2.01. The predicted molar refractivity (Wildman–Crippen MR) is 78.8 cm³/mol. The number of rotatable bonds is 5. The number of anilines is 1. The van der Waals surface area contributed by atoms with Gasteiger partial charge in [0.15, 0.2) is 5.82 Å². The summed E-state index contributed by atoms with van der Waals surface area (Å²) in [5, 5.41) is 19.1. The van der Waals surface area contributed by atoms with E-state index >= 15 is 0 Å². The van der Waals surface area contributed by atoms with Gasteiger partial charge in [0.25, 0.3) is 0 Å². The molecule has 0 aromatic carbocycles. The van der Waals surface area contributed by atoms with Crippen molar-refractivity contribution in [2.75, 3.05) is 5.32 Å². The minimum atomic E-state index is -0.205. The van der Waals surface area contributed by atoms with Crippen molar-refractivity contribution in [2.45, 2.75) is 20.0 Å². The van der Waals surface area contributed by atoms with Gasteiger partial charge in [0.2, 0.25) is 5.91 Å². The van der Waals surface area contributed by atoms with Crippen LogP contribution < -0.4 is 5.32 Å². The SMILES string of the molecule is CCn1ncc(NC(=O)Cn2cc(-c3cnn(C)c3)cn2)n1. The van der Waals surface area contributed by atoms with Gasteiger partial charge >= 0.3 is 0 Å². The summed E-state index contributed by atoms with van der Waals surface area (Å²) in [7, 11) is 1.85. The highest BCUT2D eigenvalue weighted by molar-refractivity contribution is 5.89. The average molecular weight is 300 g/mol. The molecule has 0 unspecified atom stereocenters. The number of amides is 1. The molecule has 114 valence electrons. The molecule has 9 nitrogen and oxygen atoms in total. The molecule has 3 aromatic heterocycles. The zero-order valence-corrected chi connectivity index (χ0v) is 12.3. The maximum Gasteiger partial charge on any atom is 0.247 e. The maximum absolute atomic E-state index is 12.0. The third kappa shape index (κ3) is 3.03. The Labute approximate surface area is 126 Å². The highest BCUT2D eigenvalue weighted by Gasteiger charge is 2.09. The Balaban J connectivity index is 1.63. The number of nitrogens with zero attached hydrogens (tertiary/aromatic N) is 7. The summed E-state index contributed by atoms with van der Waals surface area (Å²) in [5.74, 6) is 0.232. The van der Waals surface area contributed by atoms with Crippen molar-refractivity contribution in [1.29, 1.82) is 0 Å². The zero-order chi connectivity index (χ0) is 15.5. The summed E-state index contributed by atoms with van der Waals surface area (Å²) in [6.45, 7) is 2.69. The van der Waals surface area contributed by atoms with Gasteiger partial charge in [-0.25, -0.2) is 0 Å². The van der Waals surface area contributed by atoms with Crippen molar-refractivity contribution >= 4 is 11.7 Å². The van der Waals surface area contributed by atoms with Gasteiger partial charge in [-0.2, -0.15) is 20.1 Å². The molecule has 0 saturated heterocycles. The molecule has 1 amide bonds. The standard InChI is InChI=1S/C13H16N8O/c1-3-21-16-6-12(18-21)17-13(22)9-20-8-11(5-15-20)10-4-14-19(2)7-10/h4-8H,3,9H2,1-2H3,(H,17,18,22). The smallest absolute Gasteiger partial charge is 0.247 e. The van der Waals surface area contributed by atoms with E-state index in [1.54, 1.807) is 28.0 Å². The van der Waals surface area contributed by atoms with Crippen molar-refractivity contribution in [1.82, 2.24) is 34.6 Å². The van der Waals surface area contributed by atoms with Crippen LogP contribution in [0.4, 0.5) is 5.82 Å². The molecular weight excluding hydrogens is 284 g/mol. The van der Waals surface area contributed by atoms with Crippen LogP contribution in [0, 0.1) is 0 Å². The summed E-state index contributed by atoms with van der Waals surface area (Å²) >= 11 is 0. The average Bonchev–Trinajstić information content (AvgIpc) is 3.19. The van der Waals surface area contributed by atoms with Crippen molar-refractivity contribution in [3.63, 3.8) is 0 Å². The van der Waals surface area contributed by atoms with Gasteiger partial charge in [-0.1, -0.05) is 0 Å². The van der Waals surface area contributed by atoms with Crippen molar-refractivity contribution in [2.24, 2.45) is 7.05 Å². The number of hydrogen-bond acceptors (Lipinski definition) is 5. The highest BCUT2D eigenvalue weighted by atomic mass is 16.2. The zero-order valence-electron chi connectivity index (χ0n) is 12.3. The predicted octanol–water partition coefficient (Wildman–Crippen LogP) is 0.534.